The Kier molecular flexibility index (Phi) is 1.78. The van der Waals surface area contributed by atoms with E-state index in [0.29, 0.717) is 16.9 Å². The molecular weight excluding hydrogens is 182 g/mol. The summed E-state index contributed by atoms with van der Waals surface area (Å²) in [6.07, 6.45) is 1.69. The van der Waals surface area contributed by atoms with Gasteiger partial charge in [0.1, 0.15) is 11.8 Å². The molecule has 0 aromatic carbocycles. The number of hydrogen-bond donors (Lipinski definition) is 1. The Labute approximate surface area is 79.3 Å². The third kappa shape index (κ3) is 1.15. The molecule has 0 unspecified atom stereocenters. The molecule has 0 radical (unpaired) electrons. The fraction of sp³-hybridized carbons (Fsp3) is 0. The topological polar surface area (TPSA) is 68.0 Å². The van der Waals surface area contributed by atoms with Crippen LogP contribution in [0.25, 0.3) is 17.2 Å². The molecule has 0 spiro atoms. The highest BCUT2D eigenvalue weighted by atomic mass is 16.4. The van der Waals surface area contributed by atoms with Crippen molar-refractivity contribution in [1.82, 2.24) is 14.5 Å². The summed E-state index contributed by atoms with van der Waals surface area (Å²) >= 11 is 0. The number of carboxylic acid groups (broad SMARTS) is 1. The second kappa shape index (κ2) is 2.95. The van der Waals surface area contributed by atoms with E-state index in [1.165, 1.54) is 6.33 Å². The first kappa shape index (κ1) is 8.43. The zero-order valence-corrected chi connectivity index (χ0v) is 7.21. The minimum atomic E-state index is -1.10. The molecule has 0 atom stereocenters. The zero-order chi connectivity index (χ0) is 10.1. The fourth-order valence-electron chi connectivity index (χ4n) is 1.16. The molecule has 5 heteroatoms. The van der Waals surface area contributed by atoms with Crippen molar-refractivity contribution >= 4 is 23.3 Å². The highest BCUT2D eigenvalue weighted by molar-refractivity contribution is 5.83. The first-order valence-corrected chi connectivity index (χ1v) is 3.92. The molecular formula is C9H7N3O2. The van der Waals surface area contributed by atoms with Crippen molar-refractivity contribution in [2.45, 2.75) is 0 Å². The van der Waals surface area contributed by atoms with E-state index in [0.717, 1.165) is 4.57 Å². The van der Waals surface area contributed by atoms with Crippen LogP contribution < -0.4 is 0 Å². The molecule has 2 aromatic rings. The number of fused-ring (bicyclic) bond motifs is 1. The predicted molar refractivity (Wildman–Crippen MR) is 51.0 cm³/mol. The van der Waals surface area contributed by atoms with Gasteiger partial charge in [0.2, 0.25) is 0 Å². The molecule has 0 saturated carbocycles. The monoisotopic (exact) mass is 189 g/mol. The Hall–Kier alpha value is -2.17. The van der Waals surface area contributed by atoms with E-state index in [1.807, 2.05) is 0 Å². The average Bonchev–Trinajstić information content (AvgIpc) is 2.59. The molecule has 70 valence electrons. The van der Waals surface area contributed by atoms with Gasteiger partial charge in [-0.2, -0.15) is 0 Å². The van der Waals surface area contributed by atoms with Crippen LogP contribution in [0.4, 0.5) is 4.79 Å². The molecule has 0 aliphatic carbocycles. The smallest absolute Gasteiger partial charge is 0.418 e. The van der Waals surface area contributed by atoms with E-state index in [2.05, 4.69) is 16.5 Å². The Bertz CT molecular complexity index is 516. The molecule has 0 fully saturated rings. The fourth-order valence-corrected chi connectivity index (χ4v) is 1.16. The van der Waals surface area contributed by atoms with Gasteiger partial charge in [-0.1, -0.05) is 6.58 Å². The van der Waals surface area contributed by atoms with Crippen LogP contribution in [0.5, 0.6) is 0 Å². The predicted octanol–water partition coefficient (Wildman–Crippen LogP) is 1.60. The molecule has 2 rings (SSSR count). The number of pyridine rings is 1. The lowest BCUT2D eigenvalue weighted by Gasteiger charge is -1.96. The SMILES string of the molecule is C=Cc1ccc2ncn(C(=O)O)c2n1. The van der Waals surface area contributed by atoms with Gasteiger partial charge in [0, 0.05) is 0 Å². The summed E-state index contributed by atoms with van der Waals surface area (Å²) in [6, 6.07) is 3.44. The third-order valence-electron chi connectivity index (χ3n) is 1.83. The molecule has 0 bridgehead atoms. The first-order chi connectivity index (χ1) is 6.72. The quantitative estimate of drug-likeness (QED) is 0.739. The molecule has 1 N–H and O–H groups in total. The van der Waals surface area contributed by atoms with Crippen molar-refractivity contribution < 1.29 is 9.90 Å². The Morgan fingerprint density at radius 2 is 2.36 bits per heavy atom. The van der Waals surface area contributed by atoms with Gasteiger partial charge < -0.3 is 5.11 Å². The van der Waals surface area contributed by atoms with Gasteiger partial charge in [0.05, 0.1) is 5.69 Å². The van der Waals surface area contributed by atoms with Crippen LogP contribution in [0.1, 0.15) is 5.69 Å². The van der Waals surface area contributed by atoms with Crippen molar-refractivity contribution in [1.29, 1.82) is 0 Å². The van der Waals surface area contributed by atoms with E-state index >= 15 is 0 Å². The van der Waals surface area contributed by atoms with Crippen LogP contribution >= 0.6 is 0 Å². The van der Waals surface area contributed by atoms with E-state index < -0.39 is 6.09 Å². The van der Waals surface area contributed by atoms with Crippen LogP contribution in [0.3, 0.4) is 0 Å². The molecule has 0 saturated heterocycles. The molecule has 14 heavy (non-hydrogen) atoms. The minimum Gasteiger partial charge on any atom is -0.464 e. The molecule has 0 amide bonds. The highest BCUT2D eigenvalue weighted by Crippen LogP contribution is 2.11. The average molecular weight is 189 g/mol. The summed E-state index contributed by atoms with van der Waals surface area (Å²) in [5.41, 5.74) is 1.51. The lowest BCUT2D eigenvalue weighted by molar-refractivity contribution is 0.197. The standard InChI is InChI=1S/C9H7N3O2/c1-2-6-3-4-7-8(11-6)12(5-10-7)9(13)14/h2-5H,1H2,(H,13,14). The maximum absolute atomic E-state index is 10.7. The maximum Gasteiger partial charge on any atom is 0.418 e. The summed E-state index contributed by atoms with van der Waals surface area (Å²) in [5, 5.41) is 8.79. The summed E-state index contributed by atoms with van der Waals surface area (Å²) in [7, 11) is 0. The third-order valence-corrected chi connectivity index (χ3v) is 1.83. The number of nitrogens with zero attached hydrogens (tertiary/aromatic N) is 3. The van der Waals surface area contributed by atoms with Gasteiger partial charge in [-0.25, -0.2) is 19.3 Å². The molecule has 2 aromatic heterocycles. The van der Waals surface area contributed by atoms with Gasteiger partial charge in [-0.15, -0.1) is 0 Å². The van der Waals surface area contributed by atoms with Crippen molar-refractivity contribution in [3.05, 3.63) is 30.7 Å². The highest BCUT2D eigenvalue weighted by Gasteiger charge is 2.08. The molecule has 2 heterocycles. The normalized spacial score (nSPS) is 10.3. The van der Waals surface area contributed by atoms with E-state index in [9.17, 15) is 4.79 Å². The lowest BCUT2D eigenvalue weighted by Crippen LogP contribution is -2.06. The van der Waals surface area contributed by atoms with Crippen molar-refractivity contribution in [2.24, 2.45) is 0 Å². The van der Waals surface area contributed by atoms with E-state index in [4.69, 9.17) is 5.11 Å². The van der Waals surface area contributed by atoms with Crippen LogP contribution in [-0.4, -0.2) is 25.7 Å². The van der Waals surface area contributed by atoms with Crippen LogP contribution in [0, 0.1) is 0 Å². The van der Waals surface area contributed by atoms with Gasteiger partial charge >= 0.3 is 6.09 Å². The van der Waals surface area contributed by atoms with Gasteiger partial charge in [0.15, 0.2) is 5.65 Å². The van der Waals surface area contributed by atoms with Crippen molar-refractivity contribution in [2.75, 3.05) is 0 Å². The van der Waals surface area contributed by atoms with Gasteiger partial charge in [0.25, 0.3) is 0 Å². The maximum atomic E-state index is 10.7. The largest absolute Gasteiger partial charge is 0.464 e. The van der Waals surface area contributed by atoms with E-state index in [1.54, 1.807) is 18.2 Å². The molecule has 5 nitrogen and oxygen atoms in total. The second-order valence-corrected chi connectivity index (χ2v) is 2.68. The summed E-state index contributed by atoms with van der Waals surface area (Å²) in [5.74, 6) is 0. The molecule has 0 aliphatic heterocycles. The Morgan fingerprint density at radius 1 is 1.57 bits per heavy atom. The number of hydrogen-bond acceptors (Lipinski definition) is 3. The number of rotatable bonds is 1. The number of carbonyl (C=O) groups is 1. The van der Waals surface area contributed by atoms with Crippen LogP contribution in [-0.2, 0) is 0 Å². The summed E-state index contributed by atoms with van der Waals surface area (Å²) < 4.78 is 0.975. The van der Waals surface area contributed by atoms with Crippen molar-refractivity contribution in [3.63, 3.8) is 0 Å². The lowest BCUT2D eigenvalue weighted by atomic mass is 10.3. The summed E-state index contributed by atoms with van der Waals surface area (Å²) in [6.45, 7) is 3.56. The van der Waals surface area contributed by atoms with Crippen LogP contribution in [0.2, 0.25) is 0 Å². The zero-order valence-electron chi connectivity index (χ0n) is 7.21. The number of aromatic nitrogens is 3. The van der Waals surface area contributed by atoms with Crippen molar-refractivity contribution in [3.8, 4) is 0 Å². The minimum absolute atomic E-state index is 0.329. The Balaban J connectivity index is 2.75. The summed E-state index contributed by atoms with van der Waals surface area (Å²) in [4.78, 5) is 18.7. The van der Waals surface area contributed by atoms with Gasteiger partial charge in [-0.3, -0.25) is 0 Å². The Morgan fingerprint density at radius 3 is 3.00 bits per heavy atom. The van der Waals surface area contributed by atoms with Gasteiger partial charge in [-0.05, 0) is 18.2 Å². The van der Waals surface area contributed by atoms with E-state index in [-0.39, 0.29) is 0 Å². The molecule has 0 aliphatic rings. The number of imidazole rings is 1. The first-order valence-electron chi connectivity index (χ1n) is 3.92. The van der Waals surface area contributed by atoms with Crippen LogP contribution in [0.15, 0.2) is 25.0 Å². The second-order valence-electron chi connectivity index (χ2n) is 2.68.